The van der Waals surface area contributed by atoms with Crippen molar-refractivity contribution in [1.29, 1.82) is 0 Å². The van der Waals surface area contributed by atoms with Gasteiger partial charge in [-0.1, -0.05) is 54.4 Å². The highest BCUT2D eigenvalue weighted by atomic mass is 16.5. The number of rotatable bonds is 3. The Labute approximate surface area is 193 Å². The topological polar surface area (TPSA) is 32.8 Å². The molecule has 0 N–H and O–H groups in total. The van der Waals surface area contributed by atoms with E-state index < -0.39 is 0 Å². The van der Waals surface area contributed by atoms with Crippen LogP contribution in [0.15, 0.2) is 48.5 Å². The molecule has 172 valence electrons. The summed E-state index contributed by atoms with van der Waals surface area (Å²) >= 11 is 0. The molecular weight excluding hydrogens is 396 g/mol. The molecule has 1 spiro atoms. The molecule has 1 fully saturated rings. The van der Waals surface area contributed by atoms with Gasteiger partial charge in [0.05, 0.1) is 12.0 Å². The highest BCUT2D eigenvalue weighted by Gasteiger charge is 2.42. The number of hydrogen-bond donors (Lipinski definition) is 0. The molecule has 2 aliphatic heterocycles. The van der Waals surface area contributed by atoms with Gasteiger partial charge in [-0.25, -0.2) is 0 Å². The Balaban J connectivity index is 1.44. The molecule has 1 saturated heterocycles. The highest BCUT2D eigenvalue weighted by molar-refractivity contribution is 5.83. The monoisotopic (exact) mass is 434 g/mol. The summed E-state index contributed by atoms with van der Waals surface area (Å²) in [5.74, 6) is 1.34. The molecule has 0 aromatic heterocycles. The van der Waals surface area contributed by atoms with Crippen molar-refractivity contribution < 1.29 is 9.53 Å². The number of likely N-dealkylation sites (tertiary alicyclic amines) is 1. The SMILES string of the molecule is CCN1CCOc2ccccc2CCCCC2(CCN(Cc3ccc(C)cc3)CC2)C1=O. The first kappa shape index (κ1) is 22.8. The number of para-hydroxylation sites is 1. The van der Waals surface area contributed by atoms with Crippen LogP contribution in [0.1, 0.15) is 55.7 Å². The number of benzene rings is 2. The average molecular weight is 435 g/mol. The van der Waals surface area contributed by atoms with Crippen LogP contribution in [-0.2, 0) is 17.8 Å². The Morgan fingerprint density at radius 1 is 0.938 bits per heavy atom. The zero-order chi connectivity index (χ0) is 22.4. The van der Waals surface area contributed by atoms with Crippen molar-refractivity contribution in [3.63, 3.8) is 0 Å². The fourth-order valence-electron chi connectivity index (χ4n) is 5.30. The minimum absolute atomic E-state index is 0.210. The summed E-state index contributed by atoms with van der Waals surface area (Å²) in [6.07, 6.45) is 6.16. The molecule has 2 aliphatic rings. The van der Waals surface area contributed by atoms with Gasteiger partial charge in [0.15, 0.2) is 0 Å². The molecule has 0 unspecified atom stereocenters. The fourth-order valence-corrected chi connectivity index (χ4v) is 5.30. The number of carbonyl (C=O) groups excluding carboxylic acids is 1. The van der Waals surface area contributed by atoms with Crippen molar-refractivity contribution in [2.75, 3.05) is 32.8 Å². The predicted molar refractivity (Wildman–Crippen MR) is 130 cm³/mol. The Bertz CT molecular complexity index is 885. The van der Waals surface area contributed by atoms with Gasteiger partial charge in [-0.15, -0.1) is 0 Å². The largest absolute Gasteiger partial charge is 0.491 e. The van der Waals surface area contributed by atoms with Crippen molar-refractivity contribution in [2.45, 2.75) is 58.9 Å². The predicted octanol–water partition coefficient (Wildman–Crippen LogP) is 5.23. The molecule has 0 saturated carbocycles. The van der Waals surface area contributed by atoms with Crippen LogP contribution in [0.4, 0.5) is 0 Å². The number of ether oxygens (including phenoxy) is 1. The third kappa shape index (κ3) is 5.35. The second-order valence-electron chi connectivity index (χ2n) is 9.59. The van der Waals surface area contributed by atoms with Gasteiger partial charge in [-0.2, -0.15) is 0 Å². The zero-order valence-corrected chi connectivity index (χ0v) is 19.8. The van der Waals surface area contributed by atoms with E-state index in [2.05, 4.69) is 61.2 Å². The van der Waals surface area contributed by atoms with E-state index in [0.717, 1.165) is 70.5 Å². The Morgan fingerprint density at radius 3 is 2.44 bits per heavy atom. The van der Waals surface area contributed by atoms with Gasteiger partial charge in [0.1, 0.15) is 12.4 Å². The number of nitrogens with zero attached hydrogens (tertiary/aromatic N) is 2. The Kier molecular flexibility index (Phi) is 7.51. The lowest BCUT2D eigenvalue weighted by molar-refractivity contribution is -0.146. The van der Waals surface area contributed by atoms with E-state index in [-0.39, 0.29) is 5.41 Å². The lowest BCUT2D eigenvalue weighted by Crippen LogP contribution is -2.51. The molecule has 0 bridgehead atoms. The molecule has 0 aliphatic carbocycles. The minimum Gasteiger partial charge on any atom is -0.491 e. The molecular formula is C28H38N2O2. The summed E-state index contributed by atoms with van der Waals surface area (Å²) < 4.78 is 6.11. The highest BCUT2D eigenvalue weighted by Crippen LogP contribution is 2.39. The molecule has 4 rings (SSSR count). The molecule has 0 radical (unpaired) electrons. The fraction of sp³-hybridized carbons (Fsp3) is 0.536. The second-order valence-corrected chi connectivity index (χ2v) is 9.59. The van der Waals surface area contributed by atoms with E-state index in [1.165, 1.54) is 16.7 Å². The first-order chi connectivity index (χ1) is 15.6. The van der Waals surface area contributed by atoms with Crippen molar-refractivity contribution in [3.05, 3.63) is 65.2 Å². The first-order valence-corrected chi connectivity index (χ1v) is 12.4. The zero-order valence-electron chi connectivity index (χ0n) is 19.8. The molecule has 0 atom stereocenters. The summed E-state index contributed by atoms with van der Waals surface area (Å²) in [5.41, 5.74) is 3.75. The number of hydrogen-bond acceptors (Lipinski definition) is 3. The minimum atomic E-state index is -0.210. The number of amides is 1. The molecule has 2 aromatic carbocycles. The summed E-state index contributed by atoms with van der Waals surface area (Å²) in [6.45, 7) is 9.17. The summed E-state index contributed by atoms with van der Waals surface area (Å²) in [4.78, 5) is 18.3. The molecule has 4 nitrogen and oxygen atoms in total. The van der Waals surface area contributed by atoms with Crippen LogP contribution in [0.3, 0.4) is 0 Å². The summed E-state index contributed by atoms with van der Waals surface area (Å²) in [5, 5.41) is 0. The maximum Gasteiger partial charge on any atom is 0.228 e. The number of piperidine rings is 1. The number of carbonyl (C=O) groups is 1. The van der Waals surface area contributed by atoms with Crippen molar-refractivity contribution in [3.8, 4) is 5.75 Å². The van der Waals surface area contributed by atoms with E-state index >= 15 is 0 Å². The normalized spacial score (nSPS) is 20.2. The van der Waals surface area contributed by atoms with Crippen LogP contribution in [0.5, 0.6) is 5.75 Å². The lowest BCUT2D eigenvalue weighted by Gasteiger charge is -2.43. The maximum absolute atomic E-state index is 13.8. The van der Waals surface area contributed by atoms with Crippen LogP contribution >= 0.6 is 0 Å². The van der Waals surface area contributed by atoms with E-state index in [1.54, 1.807) is 0 Å². The van der Waals surface area contributed by atoms with Crippen LogP contribution in [-0.4, -0.2) is 48.5 Å². The van der Waals surface area contributed by atoms with Gasteiger partial charge in [0.25, 0.3) is 0 Å². The van der Waals surface area contributed by atoms with Gasteiger partial charge in [0.2, 0.25) is 5.91 Å². The van der Waals surface area contributed by atoms with Crippen LogP contribution < -0.4 is 4.74 Å². The second kappa shape index (κ2) is 10.5. The third-order valence-corrected chi connectivity index (χ3v) is 7.41. The number of likely N-dealkylation sites (N-methyl/N-ethyl adjacent to an activating group) is 1. The Morgan fingerprint density at radius 2 is 1.69 bits per heavy atom. The van der Waals surface area contributed by atoms with Crippen LogP contribution in [0.25, 0.3) is 0 Å². The van der Waals surface area contributed by atoms with Crippen molar-refractivity contribution in [1.82, 2.24) is 9.80 Å². The average Bonchev–Trinajstić information content (AvgIpc) is 2.82. The first-order valence-electron chi connectivity index (χ1n) is 12.4. The molecule has 1 amide bonds. The Hall–Kier alpha value is -2.33. The van der Waals surface area contributed by atoms with Crippen molar-refractivity contribution in [2.24, 2.45) is 5.41 Å². The van der Waals surface area contributed by atoms with Gasteiger partial charge in [0, 0.05) is 13.1 Å². The van der Waals surface area contributed by atoms with Gasteiger partial charge in [-0.3, -0.25) is 9.69 Å². The number of fused-ring (bicyclic) bond motifs is 1. The van der Waals surface area contributed by atoms with Crippen LogP contribution in [0.2, 0.25) is 0 Å². The summed E-state index contributed by atoms with van der Waals surface area (Å²) in [6, 6.07) is 17.2. The number of aryl methyl sites for hydroxylation is 2. The van der Waals surface area contributed by atoms with E-state index in [1.807, 2.05) is 11.0 Å². The smallest absolute Gasteiger partial charge is 0.228 e. The van der Waals surface area contributed by atoms with Crippen LogP contribution in [0, 0.1) is 12.3 Å². The van der Waals surface area contributed by atoms with Gasteiger partial charge < -0.3 is 9.64 Å². The standard InChI is InChI=1S/C28H38N2O2/c1-3-30-20-21-32-26-10-5-4-8-25(26)9-6-7-15-28(27(30)31)16-18-29(19-17-28)22-24-13-11-23(2)12-14-24/h4-5,8,10-14H,3,6-7,9,15-22H2,1-2H3. The van der Waals surface area contributed by atoms with Crippen molar-refractivity contribution >= 4 is 5.91 Å². The molecule has 2 heterocycles. The maximum atomic E-state index is 13.8. The van der Waals surface area contributed by atoms with Gasteiger partial charge in [-0.05, 0) is 76.2 Å². The van der Waals surface area contributed by atoms with Gasteiger partial charge >= 0.3 is 0 Å². The van der Waals surface area contributed by atoms with E-state index in [9.17, 15) is 4.79 Å². The summed E-state index contributed by atoms with van der Waals surface area (Å²) in [7, 11) is 0. The molecule has 4 heteroatoms. The quantitative estimate of drug-likeness (QED) is 0.663. The molecule has 32 heavy (non-hydrogen) atoms. The van der Waals surface area contributed by atoms with E-state index in [0.29, 0.717) is 19.1 Å². The lowest BCUT2D eigenvalue weighted by atomic mass is 9.73. The van der Waals surface area contributed by atoms with E-state index in [4.69, 9.17) is 4.74 Å². The molecule has 2 aromatic rings. The third-order valence-electron chi connectivity index (χ3n) is 7.41.